The monoisotopic (exact) mass is 255 g/mol. The normalized spacial score (nSPS) is 23.3. The summed E-state index contributed by atoms with van der Waals surface area (Å²) in [5, 5.41) is 3.45. The van der Waals surface area contributed by atoms with Crippen LogP contribution in [-0.2, 0) is 14.3 Å². The van der Waals surface area contributed by atoms with Crippen molar-refractivity contribution in [3.8, 4) is 5.06 Å². The molecule has 0 aliphatic carbocycles. The topological polar surface area (TPSA) is 64.6 Å². The number of rotatable bonds is 3. The van der Waals surface area contributed by atoms with E-state index in [-0.39, 0.29) is 11.8 Å². The van der Waals surface area contributed by atoms with Crippen LogP contribution in [0.1, 0.15) is 10.8 Å². The summed E-state index contributed by atoms with van der Waals surface area (Å²) in [4.78, 5) is 24.1. The first-order chi connectivity index (χ1) is 8.17. The molecule has 0 radical (unpaired) electrons. The van der Waals surface area contributed by atoms with Gasteiger partial charge >= 0.3 is 5.97 Å². The van der Waals surface area contributed by atoms with Crippen LogP contribution in [0.5, 0.6) is 5.06 Å². The van der Waals surface area contributed by atoms with Crippen LogP contribution in [0.3, 0.4) is 0 Å². The predicted octanol–water partition coefficient (Wildman–Crippen LogP) is 0.759. The molecule has 1 aromatic rings. The van der Waals surface area contributed by atoms with Crippen LogP contribution in [0.2, 0.25) is 0 Å². The van der Waals surface area contributed by atoms with E-state index in [1.54, 1.807) is 7.11 Å². The Balaban J connectivity index is 2.25. The molecule has 1 saturated heterocycles. The van der Waals surface area contributed by atoms with Crippen LogP contribution in [0.15, 0.2) is 12.1 Å². The number of nitrogens with one attached hydrogen (secondary N) is 1. The van der Waals surface area contributed by atoms with Gasteiger partial charge in [0.15, 0.2) is 5.06 Å². The molecule has 1 N–H and O–H groups in total. The average Bonchev–Trinajstić information content (AvgIpc) is 2.94. The zero-order valence-corrected chi connectivity index (χ0v) is 10.4. The van der Waals surface area contributed by atoms with Crippen molar-refractivity contribution in [3.63, 3.8) is 0 Å². The van der Waals surface area contributed by atoms with Gasteiger partial charge in [0, 0.05) is 17.3 Å². The van der Waals surface area contributed by atoms with Gasteiger partial charge in [-0.1, -0.05) is 0 Å². The van der Waals surface area contributed by atoms with Gasteiger partial charge in [0.2, 0.25) is 5.91 Å². The van der Waals surface area contributed by atoms with Gasteiger partial charge in [0.05, 0.1) is 14.2 Å². The smallest absolute Gasteiger partial charge is 0.318 e. The summed E-state index contributed by atoms with van der Waals surface area (Å²) in [5.74, 6) is -1.67. The fourth-order valence-electron chi connectivity index (χ4n) is 1.93. The van der Waals surface area contributed by atoms with Crippen molar-refractivity contribution in [2.24, 2.45) is 5.92 Å². The molecule has 2 atom stereocenters. The van der Waals surface area contributed by atoms with Crippen molar-refractivity contribution in [2.75, 3.05) is 20.8 Å². The summed E-state index contributed by atoms with van der Waals surface area (Å²) < 4.78 is 9.76. The van der Waals surface area contributed by atoms with E-state index in [0.29, 0.717) is 6.54 Å². The highest BCUT2D eigenvalue weighted by Crippen LogP contribution is 2.36. The average molecular weight is 255 g/mol. The predicted molar refractivity (Wildman–Crippen MR) is 62.1 cm³/mol. The van der Waals surface area contributed by atoms with Gasteiger partial charge < -0.3 is 14.8 Å². The first kappa shape index (κ1) is 11.9. The van der Waals surface area contributed by atoms with Crippen LogP contribution >= 0.6 is 11.3 Å². The second kappa shape index (κ2) is 4.75. The fraction of sp³-hybridized carbons (Fsp3) is 0.455. The number of thiophene rings is 1. The van der Waals surface area contributed by atoms with E-state index in [1.807, 2.05) is 12.1 Å². The Labute approximate surface area is 103 Å². The van der Waals surface area contributed by atoms with E-state index < -0.39 is 11.9 Å². The number of carbonyl (C=O) groups excluding carboxylic acids is 2. The van der Waals surface area contributed by atoms with Crippen LogP contribution in [0.25, 0.3) is 0 Å². The van der Waals surface area contributed by atoms with Gasteiger partial charge in [-0.25, -0.2) is 0 Å². The molecule has 6 heteroatoms. The van der Waals surface area contributed by atoms with Crippen molar-refractivity contribution in [1.29, 1.82) is 0 Å². The summed E-state index contributed by atoms with van der Waals surface area (Å²) in [6.45, 7) is 0.461. The number of esters is 1. The number of methoxy groups -OCH3 is 2. The molecular formula is C11H13NO4S. The second-order valence-electron chi connectivity index (χ2n) is 3.71. The first-order valence-corrected chi connectivity index (χ1v) is 5.98. The van der Waals surface area contributed by atoms with Crippen molar-refractivity contribution in [3.05, 3.63) is 17.0 Å². The highest BCUT2D eigenvalue weighted by molar-refractivity contribution is 7.13. The van der Waals surface area contributed by atoms with E-state index in [4.69, 9.17) is 4.74 Å². The van der Waals surface area contributed by atoms with E-state index >= 15 is 0 Å². The molecule has 1 aliphatic rings. The lowest BCUT2D eigenvalue weighted by Gasteiger charge is -2.12. The van der Waals surface area contributed by atoms with Gasteiger partial charge in [-0.15, -0.1) is 11.3 Å². The molecule has 0 bridgehead atoms. The molecule has 2 heterocycles. The third-order valence-electron chi connectivity index (χ3n) is 2.80. The van der Waals surface area contributed by atoms with Crippen LogP contribution in [-0.4, -0.2) is 32.6 Å². The Morgan fingerprint density at radius 3 is 2.82 bits per heavy atom. The summed E-state index contributed by atoms with van der Waals surface area (Å²) in [6, 6.07) is 3.71. The second-order valence-corrected chi connectivity index (χ2v) is 4.79. The number of hydrogen-bond acceptors (Lipinski definition) is 5. The van der Waals surface area contributed by atoms with Crippen molar-refractivity contribution in [2.45, 2.75) is 5.92 Å². The molecule has 0 aromatic carbocycles. The Bertz CT molecular complexity index is 442. The summed E-state index contributed by atoms with van der Waals surface area (Å²) >= 11 is 1.44. The molecule has 92 valence electrons. The zero-order chi connectivity index (χ0) is 12.4. The number of carbonyl (C=O) groups is 2. The van der Waals surface area contributed by atoms with E-state index in [9.17, 15) is 9.59 Å². The van der Waals surface area contributed by atoms with Crippen molar-refractivity contribution >= 4 is 23.2 Å². The molecular weight excluding hydrogens is 242 g/mol. The van der Waals surface area contributed by atoms with Crippen LogP contribution in [0, 0.1) is 5.92 Å². The minimum absolute atomic E-state index is 0.163. The van der Waals surface area contributed by atoms with Gasteiger partial charge in [-0.2, -0.15) is 0 Å². The molecule has 2 rings (SSSR count). The lowest BCUT2D eigenvalue weighted by atomic mass is 9.94. The van der Waals surface area contributed by atoms with Gasteiger partial charge in [0.1, 0.15) is 5.92 Å². The Morgan fingerprint density at radius 2 is 2.24 bits per heavy atom. The molecule has 0 saturated carbocycles. The third-order valence-corrected chi connectivity index (χ3v) is 3.98. The first-order valence-electron chi connectivity index (χ1n) is 5.16. The molecule has 1 aliphatic heterocycles. The van der Waals surface area contributed by atoms with Gasteiger partial charge in [0.25, 0.3) is 0 Å². The highest BCUT2D eigenvalue weighted by atomic mass is 32.1. The van der Waals surface area contributed by atoms with E-state index in [0.717, 1.165) is 9.94 Å². The summed E-state index contributed by atoms with van der Waals surface area (Å²) in [7, 11) is 2.88. The lowest BCUT2D eigenvalue weighted by Crippen LogP contribution is -2.27. The Hall–Kier alpha value is -1.56. The van der Waals surface area contributed by atoms with Crippen LogP contribution < -0.4 is 10.1 Å². The molecule has 0 spiro atoms. The largest absolute Gasteiger partial charge is 0.487 e. The zero-order valence-electron chi connectivity index (χ0n) is 9.56. The molecule has 5 nitrogen and oxygen atoms in total. The van der Waals surface area contributed by atoms with E-state index in [1.165, 1.54) is 18.4 Å². The summed E-state index contributed by atoms with van der Waals surface area (Å²) in [6.07, 6.45) is 0. The summed E-state index contributed by atoms with van der Waals surface area (Å²) in [5.41, 5.74) is 0. The standard InChI is InChI=1S/C11H13NO4S/c1-15-8-4-3-7(17-8)6-5-12-10(13)9(6)11(14)16-2/h3-4,6,9H,5H2,1-2H3,(H,12,13). The van der Waals surface area contributed by atoms with Gasteiger partial charge in [-0.05, 0) is 12.1 Å². The van der Waals surface area contributed by atoms with Crippen molar-refractivity contribution in [1.82, 2.24) is 5.32 Å². The number of hydrogen-bond donors (Lipinski definition) is 1. The van der Waals surface area contributed by atoms with Crippen LogP contribution in [0.4, 0.5) is 0 Å². The fourth-order valence-corrected chi connectivity index (χ4v) is 2.89. The molecule has 2 unspecified atom stereocenters. The molecule has 1 aromatic heterocycles. The number of amides is 1. The Kier molecular flexibility index (Phi) is 3.33. The van der Waals surface area contributed by atoms with Gasteiger partial charge in [-0.3, -0.25) is 9.59 Å². The van der Waals surface area contributed by atoms with E-state index in [2.05, 4.69) is 10.1 Å². The lowest BCUT2D eigenvalue weighted by molar-refractivity contribution is -0.149. The molecule has 1 fully saturated rings. The maximum Gasteiger partial charge on any atom is 0.318 e. The molecule has 17 heavy (non-hydrogen) atoms. The quantitative estimate of drug-likeness (QED) is 0.639. The minimum atomic E-state index is -0.747. The Morgan fingerprint density at radius 1 is 1.47 bits per heavy atom. The SMILES string of the molecule is COC(=O)C1C(=O)NCC1c1ccc(OC)s1. The highest BCUT2D eigenvalue weighted by Gasteiger charge is 2.42. The third kappa shape index (κ3) is 2.12. The van der Waals surface area contributed by atoms with Crippen molar-refractivity contribution < 1.29 is 19.1 Å². The number of ether oxygens (including phenoxy) is 2. The minimum Gasteiger partial charge on any atom is -0.487 e. The maximum atomic E-state index is 11.6. The maximum absolute atomic E-state index is 11.6. The molecule has 1 amide bonds.